The molecule has 0 unspecified atom stereocenters. The third-order valence-electron chi connectivity index (χ3n) is 6.84. The molecule has 4 aromatic carbocycles. The number of benzene rings is 4. The number of hydrogen-bond donors (Lipinski definition) is 0. The summed E-state index contributed by atoms with van der Waals surface area (Å²) in [5, 5.41) is 2.47. The first-order valence-electron chi connectivity index (χ1n) is 12.7. The van der Waals surface area contributed by atoms with Gasteiger partial charge in [-0.05, 0) is 78.7 Å². The predicted octanol–water partition coefficient (Wildman–Crippen LogP) is 8.77. The summed E-state index contributed by atoms with van der Waals surface area (Å²) in [6, 6.07) is 32.0. The number of hydrogen-bond acceptors (Lipinski definition) is 3. The van der Waals surface area contributed by atoms with Crippen molar-refractivity contribution in [3.63, 3.8) is 0 Å². The number of anilines is 1. The van der Waals surface area contributed by atoms with Gasteiger partial charge < -0.3 is 4.57 Å². The molecule has 0 saturated carbocycles. The first-order valence-corrected chi connectivity index (χ1v) is 13.9. The minimum absolute atomic E-state index is 0.0780. The van der Waals surface area contributed by atoms with Crippen molar-refractivity contribution in [1.82, 2.24) is 4.57 Å². The van der Waals surface area contributed by atoms with E-state index in [1.165, 1.54) is 11.8 Å². The van der Waals surface area contributed by atoms with Crippen LogP contribution in [0.2, 0.25) is 5.02 Å². The van der Waals surface area contributed by atoms with E-state index in [0.717, 1.165) is 49.6 Å². The Morgan fingerprint density at radius 2 is 1.54 bits per heavy atom. The maximum Gasteiger partial charge on any atom is 0.271 e. The van der Waals surface area contributed by atoms with E-state index in [2.05, 4.69) is 22.9 Å². The molecule has 1 aliphatic heterocycles. The number of aliphatic imine (C=N–C) groups is 1. The maximum atomic E-state index is 13.9. The second-order valence-corrected chi connectivity index (χ2v) is 11.0. The standard InChI is InChI=1S/C33H26ClN3OS/c1-22-9-8-10-23(2)31(22)35-33-37(27-11-4-3-5-12-27)32(38)30(39-33)19-25-21-36(29-14-7-6-13-28(25)29)20-24-15-17-26(34)18-16-24/h3-19,21H,20H2,1-2H3/b30-19+,35-33?. The molecule has 192 valence electrons. The van der Waals surface area contributed by atoms with Gasteiger partial charge in [-0.15, -0.1) is 0 Å². The van der Waals surface area contributed by atoms with Crippen molar-refractivity contribution >= 4 is 62.8 Å². The number of thioether (sulfide) groups is 1. The molecule has 1 fully saturated rings. The van der Waals surface area contributed by atoms with E-state index in [1.54, 1.807) is 4.90 Å². The number of rotatable bonds is 5. The second kappa shape index (κ2) is 10.6. The molecule has 0 atom stereocenters. The third kappa shape index (κ3) is 5.03. The van der Waals surface area contributed by atoms with Crippen LogP contribution in [0.25, 0.3) is 17.0 Å². The van der Waals surface area contributed by atoms with Crippen molar-refractivity contribution in [2.75, 3.05) is 4.90 Å². The highest BCUT2D eigenvalue weighted by atomic mass is 35.5. The molecule has 6 heteroatoms. The number of para-hydroxylation sites is 3. The molecule has 0 N–H and O–H groups in total. The molecule has 1 saturated heterocycles. The van der Waals surface area contributed by atoms with E-state index in [9.17, 15) is 4.79 Å². The van der Waals surface area contributed by atoms with Crippen LogP contribution in [0.15, 0.2) is 113 Å². The molecule has 5 aromatic rings. The smallest absolute Gasteiger partial charge is 0.271 e. The molecular formula is C33H26ClN3OS. The number of fused-ring (bicyclic) bond motifs is 1. The Balaban J connectivity index is 1.43. The lowest BCUT2D eigenvalue weighted by molar-refractivity contribution is -0.113. The van der Waals surface area contributed by atoms with Crippen molar-refractivity contribution in [3.8, 4) is 0 Å². The van der Waals surface area contributed by atoms with Crippen LogP contribution in [0.5, 0.6) is 0 Å². The van der Waals surface area contributed by atoms with Crippen molar-refractivity contribution in [2.24, 2.45) is 4.99 Å². The Labute approximate surface area is 237 Å². The van der Waals surface area contributed by atoms with E-state index < -0.39 is 0 Å². The average Bonchev–Trinajstić information content (AvgIpc) is 3.44. The second-order valence-electron chi connectivity index (χ2n) is 9.58. The molecule has 39 heavy (non-hydrogen) atoms. The highest BCUT2D eigenvalue weighted by Gasteiger charge is 2.35. The van der Waals surface area contributed by atoms with Crippen LogP contribution in [-0.4, -0.2) is 15.6 Å². The van der Waals surface area contributed by atoms with Crippen LogP contribution in [0, 0.1) is 13.8 Å². The van der Waals surface area contributed by atoms with Gasteiger partial charge in [0.15, 0.2) is 5.17 Å². The quantitative estimate of drug-likeness (QED) is 0.206. The fourth-order valence-electron chi connectivity index (χ4n) is 4.88. The zero-order valence-electron chi connectivity index (χ0n) is 21.6. The molecule has 1 aromatic heterocycles. The fourth-order valence-corrected chi connectivity index (χ4v) is 5.98. The van der Waals surface area contributed by atoms with Gasteiger partial charge in [-0.3, -0.25) is 9.69 Å². The monoisotopic (exact) mass is 547 g/mol. The molecule has 6 rings (SSSR count). The number of nitrogens with zero attached hydrogens (tertiary/aromatic N) is 3. The predicted molar refractivity (Wildman–Crippen MR) is 165 cm³/mol. The van der Waals surface area contributed by atoms with Crippen LogP contribution in [0.1, 0.15) is 22.3 Å². The van der Waals surface area contributed by atoms with Crippen molar-refractivity contribution in [2.45, 2.75) is 20.4 Å². The minimum Gasteiger partial charge on any atom is -0.342 e. The molecule has 1 amide bonds. The number of halogens is 1. The molecule has 0 aliphatic carbocycles. The van der Waals surface area contributed by atoms with Gasteiger partial charge in [0, 0.05) is 34.2 Å². The normalized spacial score (nSPS) is 15.7. The fraction of sp³-hybridized carbons (Fsp3) is 0.0909. The first-order chi connectivity index (χ1) is 19.0. The number of aryl methyl sites for hydroxylation is 2. The Bertz CT molecular complexity index is 1730. The highest BCUT2D eigenvalue weighted by molar-refractivity contribution is 8.19. The number of amidine groups is 1. The van der Waals surface area contributed by atoms with Crippen molar-refractivity contribution in [3.05, 3.63) is 135 Å². The van der Waals surface area contributed by atoms with Gasteiger partial charge in [0.05, 0.1) is 16.3 Å². The largest absolute Gasteiger partial charge is 0.342 e. The van der Waals surface area contributed by atoms with E-state index in [4.69, 9.17) is 16.6 Å². The molecule has 0 radical (unpaired) electrons. The van der Waals surface area contributed by atoms with Gasteiger partial charge in [-0.1, -0.05) is 78.3 Å². The molecule has 2 heterocycles. The Hall–Kier alpha value is -4.06. The summed E-state index contributed by atoms with van der Waals surface area (Å²) >= 11 is 7.51. The third-order valence-corrected chi connectivity index (χ3v) is 8.06. The topological polar surface area (TPSA) is 37.6 Å². The zero-order chi connectivity index (χ0) is 26.9. The number of carbonyl (C=O) groups excluding carboxylic acids is 1. The zero-order valence-corrected chi connectivity index (χ0v) is 23.2. The lowest BCUT2D eigenvalue weighted by Gasteiger charge is -2.16. The summed E-state index contributed by atoms with van der Waals surface area (Å²) in [7, 11) is 0. The van der Waals surface area contributed by atoms with Gasteiger partial charge >= 0.3 is 0 Å². The van der Waals surface area contributed by atoms with Gasteiger partial charge in [0.25, 0.3) is 5.91 Å². The van der Waals surface area contributed by atoms with Crippen molar-refractivity contribution in [1.29, 1.82) is 0 Å². The van der Waals surface area contributed by atoms with Gasteiger partial charge in [0.1, 0.15) is 0 Å². The number of aromatic nitrogens is 1. The van der Waals surface area contributed by atoms with E-state index in [1.807, 2.05) is 105 Å². The van der Waals surface area contributed by atoms with Crippen molar-refractivity contribution < 1.29 is 4.79 Å². The Morgan fingerprint density at radius 1 is 0.846 bits per heavy atom. The maximum absolute atomic E-state index is 13.9. The van der Waals surface area contributed by atoms with Crippen LogP contribution in [0.4, 0.5) is 11.4 Å². The lowest BCUT2D eigenvalue weighted by atomic mass is 10.1. The number of amides is 1. The summed E-state index contributed by atoms with van der Waals surface area (Å²) in [5.41, 5.74) is 7.11. The van der Waals surface area contributed by atoms with Crippen LogP contribution in [0.3, 0.4) is 0 Å². The van der Waals surface area contributed by atoms with E-state index >= 15 is 0 Å². The van der Waals surface area contributed by atoms with Crippen LogP contribution >= 0.6 is 23.4 Å². The summed E-state index contributed by atoms with van der Waals surface area (Å²) < 4.78 is 2.22. The molecular weight excluding hydrogens is 522 g/mol. The number of carbonyl (C=O) groups is 1. The lowest BCUT2D eigenvalue weighted by Crippen LogP contribution is -2.28. The molecule has 1 aliphatic rings. The summed E-state index contributed by atoms with van der Waals surface area (Å²) in [4.78, 5) is 21.3. The minimum atomic E-state index is -0.0780. The summed E-state index contributed by atoms with van der Waals surface area (Å²) in [6.07, 6.45) is 4.12. The van der Waals surface area contributed by atoms with E-state index in [-0.39, 0.29) is 5.91 Å². The highest BCUT2D eigenvalue weighted by Crippen LogP contribution is 2.39. The molecule has 4 nitrogen and oxygen atoms in total. The molecule has 0 spiro atoms. The summed E-state index contributed by atoms with van der Waals surface area (Å²) in [5.74, 6) is -0.0780. The summed E-state index contributed by atoms with van der Waals surface area (Å²) in [6.45, 7) is 4.80. The van der Waals surface area contributed by atoms with Gasteiger partial charge in [0.2, 0.25) is 0 Å². The SMILES string of the molecule is Cc1cccc(C)c1N=C1S/C(=C/c2cn(Cc3ccc(Cl)cc3)c3ccccc23)C(=O)N1c1ccccc1. The van der Waals surface area contributed by atoms with Crippen LogP contribution in [-0.2, 0) is 11.3 Å². The first kappa shape index (κ1) is 25.2. The van der Waals surface area contributed by atoms with Crippen LogP contribution < -0.4 is 4.90 Å². The van der Waals surface area contributed by atoms with Gasteiger partial charge in [-0.25, -0.2) is 4.99 Å². The average molecular weight is 548 g/mol. The Kier molecular flexibility index (Phi) is 6.86. The molecule has 0 bridgehead atoms. The van der Waals surface area contributed by atoms with E-state index in [0.29, 0.717) is 16.6 Å². The van der Waals surface area contributed by atoms with Gasteiger partial charge in [-0.2, -0.15) is 0 Å². The Morgan fingerprint density at radius 3 is 2.28 bits per heavy atom.